The Labute approximate surface area is 218 Å². The van der Waals surface area contributed by atoms with Crippen molar-refractivity contribution in [2.24, 2.45) is 5.10 Å². The number of hydrogen-bond donors (Lipinski definition) is 1. The number of nitrogen functional groups attached to an aromatic ring is 1. The van der Waals surface area contributed by atoms with Crippen molar-refractivity contribution in [1.29, 1.82) is 0 Å². The van der Waals surface area contributed by atoms with E-state index in [1.807, 2.05) is 0 Å². The average molecular weight is 493 g/mol. The van der Waals surface area contributed by atoms with E-state index in [1.165, 1.54) is 7.05 Å². The van der Waals surface area contributed by atoms with Crippen LogP contribution in [0.15, 0.2) is 17.2 Å². The molecule has 0 bridgehead atoms. The van der Waals surface area contributed by atoms with E-state index < -0.39 is 19.1 Å². The van der Waals surface area contributed by atoms with Gasteiger partial charge < -0.3 is 5.73 Å². The highest BCUT2D eigenvalue weighted by Gasteiger charge is 2.27. The number of carbonyl (C=O) groups is 1. The van der Waals surface area contributed by atoms with E-state index >= 15 is 0 Å². The number of rotatable bonds is 6. The Balaban J connectivity index is 2.53. The lowest BCUT2D eigenvalue weighted by Gasteiger charge is -2.24. The molecule has 0 fully saturated rings. The van der Waals surface area contributed by atoms with Gasteiger partial charge in [0.2, 0.25) is 12.4 Å². The van der Waals surface area contributed by atoms with Crippen molar-refractivity contribution in [3.05, 3.63) is 29.0 Å². The van der Waals surface area contributed by atoms with Crippen LogP contribution in [0.1, 0.15) is 17.8 Å². The predicted octanol–water partition coefficient (Wildman–Crippen LogP) is -2.48. The molecule has 3 aromatic rings. The van der Waals surface area contributed by atoms with Crippen molar-refractivity contribution in [2.45, 2.75) is 26.4 Å². The number of benzene rings is 1. The Bertz CT molecular complexity index is 1410. The fourth-order valence-electron chi connectivity index (χ4n) is 3.79. The molecule has 0 unspecified atom stereocenters. The first-order chi connectivity index (χ1) is 17.2. The molecule has 178 valence electrons. The number of nitrogens with two attached hydrogens (primary N) is 1. The maximum absolute atomic E-state index is 12.9. The SMILES string of the molecule is [B]c1c([B])c([B])c(-c2nc(N)n(C=O)/c(=N\N(C)CCC(F)(F)F)c2-c2cc(C)nc(C)c2)c([B])c1[B]. The van der Waals surface area contributed by atoms with Crippen LogP contribution in [0.5, 0.6) is 0 Å². The Morgan fingerprint density at radius 3 is 1.97 bits per heavy atom. The van der Waals surface area contributed by atoms with E-state index in [1.54, 1.807) is 26.0 Å². The van der Waals surface area contributed by atoms with Crippen molar-refractivity contribution in [2.75, 3.05) is 19.3 Å². The van der Waals surface area contributed by atoms with E-state index in [4.69, 9.17) is 45.0 Å². The van der Waals surface area contributed by atoms with Crippen LogP contribution in [0.2, 0.25) is 0 Å². The van der Waals surface area contributed by atoms with Crippen molar-refractivity contribution < 1.29 is 18.0 Å². The van der Waals surface area contributed by atoms with E-state index in [-0.39, 0.29) is 55.6 Å². The number of hydrogen-bond acceptors (Lipinski definition) is 6. The molecule has 1 aromatic carbocycles. The third kappa shape index (κ3) is 5.81. The molecule has 37 heavy (non-hydrogen) atoms. The normalized spacial score (nSPS) is 12.1. The molecule has 7 nitrogen and oxygen atoms in total. The zero-order valence-electron chi connectivity index (χ0n) is 20.4. The van der Waals surface area contributed by atoms with Gasteiger partial charge in [-0.2, -0.15) is 18.3 Å². The van der Waals surface area contributed by atoms with Gasteiger partial charge in [0.25, 0.3) is 0 Å². The van der Waals surface area contributed by atoms with Crippen LogP contribution in [0.4, 0.5) is 19.1 Å². The van der Waals surface area contributed by atoms with Crippen LogP contribution in [0.25, 0.3) is 22.4 Å². The lowest BCUT2D eigenvalue weighted by Crippen LogP contribution is -2.55. The van der Waals surface area contributed by atoms with Crippen molar-refractivity contribution in [3.63, 3.8) is 0 Å². The van der Waals surface area contributed by atoms with Gasteiger partial charge in [0, 0.05) is 25.0 Å². The quantitative estimate of drug-likeness (QED) is 0.234. The highest BCUT2D eigenvalue weighted by molar-refractivity contribution is 6.68. The number of anilines is 1. The van der Waals surface area contributed by atoms with E-state index in [0.717, 1.165) is 9.58 Å². The number of aryl methyl sites for hydroxylation is 2. The van der Waals surface area contributed by atoms with Crippen molar-refractivity contribution in [3.8, 4) is 22.4 Å². The summed E-state index contributed by atoms with van der Waals surface area (Å²) in [5.74, 6) is -0.341. The summed E-state index contributed by atoms with van der Waals surface area (Å²) in [7, 11) is 32.0. The second-order valence-corrected chi connectivity index (χ2v) is 8.42. The summed E-state index contributed by atoms with van der Waals surface area (Å²) < 4.78 is 39.4. The van der Waals surface area contributed by atoms with Gasteiger partial charge in [-0.3, -0.25) is 14.8 Å². The first-order valence-electron chi connectivity index (χ1n) is 10.8. The van der Waals surface area contributed by atoms with Crippen LogP contribution in [0.3, 0.4) is 0 Å². The van der Waals surface area contributed by atoms with Crippen LogP contribution in [-0.2, 0) is 4.79 Å². The molecule has 0 atom stereocenters. The zero-order valence-corrected chi connectivity index (χ0v) is 20.4. The highest BCUT2D eigenvalue weighted by Crippen LogP contribution is 2.27. The summed E-state index contributed by atoms with van der Waals surface area (Å²) in [5.41, 5.74) is 7.66. The summed E-state index contributed by atoms with van der Waals surface area (Å²) >= 11 is 0. The maximum atomic E-state index is 12.9. The molecule has 0 amide bonds. The Kier molecular flexibility index (Phi) is 8.04. The Morgan fingerprint density at radius 1 is 0.973 bits per heavy atom. The molecule has 0 aliphatic rings. The molecule has 3 rings (SSSR count). The summed E-state index contributed by atoms with van der Waals surface area (Å²) in [6.07, 6.45) is -5.22. The fourth-order valence-corrected chi connectivity index (χ4v) is 3.79. The number of nitrogens with zero attached hydrogens (tertiary/aromatic N) is 5. The average Bonchev–Trinajstić information content (AvgIpc) is 2.79. The lowest BCUT2D eigenvalue weighted by atomic mass is 9.60. The first kappa shape index (κ1) is 28.2. The lowest BCUT2D eigenvalue weighted by molar-refractivity contribution is -0.137. The minimum atomic E-state index is -4.42. The second-order valence-electron chi connectivity index (χ2n) is 8.42. The van der Waals surface area contributed by atoms with Crippen LogP contribution in [-0.4, -0.2) is 85.0 Å². The van der Waals surface area contributed by atoms with Crippen molar-refractivity contribution in [1.82, 2.24) is 19.5 Å². The Morgan fingerprint density at radius 2 is 1.49 bits per heavy atom. The first-order valence-corrected chi connectivity index (χ1v) is 10.8. The molecule has 15 heteroatoms. The van der Waals surface area contributed by atoms with E-state index in [0.29, 0.717) is 23.4 Å². The summed E-state index contributed by atoms with van der Waals surface area (Å²) in [4.78, 5) is 20.8. The number of alkyl halides is 3. The fraction of sp³-hybridized carbons (Fsp3) is 0.273. The van der Waals surface area contributed by atoms with Gasteiger partial charge in [0.15, 0.2) is 5.49 Å². The number of pyridine rings is 1. The summed E-state index contributed by atoms with van der Waals surface area (Å²) in [6.45, 7) is 2.98. The van der Waals surface area contributed by atoms with Gasteiger partial charge >= 0.3 is 6.18 Å². The van der Waals surface area contributed by atoms with E-state index in [2.05, 4.69) is 15.1 Å². The molecule has 2 heterocycles. The van der Waals surface area contributed by atoms with Gasteiger partial charge in [-0.05, 0) is 37.1 Å². The Hall–Kier alpha value is -3.37. The van der Waals surface area contributed by atoms with Gasteiger partial charge in [-0.1, -0.05) is 10.9 Å². The highest BCUT2D eigenvalue weighted by atomic mass is 19.4. The molecule has 0 saturated heterocycles. The molecule has 0 aliphatic heterocycles. The largest absolute Gasteiger partial charge is 0.390 e. The maximum Gasteiger partial charge on any atom is 0.390 e. The number of halogens is 3. The van der Waals surface area contributed by atoms with Gasteiger partial charge in [0.1, 0.15) is 39.2 Å². The molecule has 2 aromatic heterocycles. The molecule has 2 N–H and O–H groups in total. The molecule has 0 aliphatic carbocycles. The van der Waals surface area contributed by atoms with E-state index in [9.17, 15) is 18.0 Å². The third-order valence-corrected chi connectivity index (χ3v) is 5.56. The second kappa shape index (κ2) is 10.6. The molecular formula is C22H18B5F3N6O. The van der Waals surface area contributed by atoms with Crippen LogP contribution in [0, 0.1) is 13.8 Å². The smallest absolute Gasteiger partial charge is 0.369 e. The van der Waals surface area contributed by atoms with Crippen LogP contribution < -0.4 is 38.5 Å². The minimum absolute atomic E-state index is 0.0282. The standard InChI is InChI=1S/C22H18B5F3N6O/c1-9-6-11(7-10(2)32-9)12-19(13-14(23)16(25)18(27)17(26)15(13)24)33-21(31)36(8-37)20(12)34-35(3)5-4-22(28,29)30/h6-8H,4-5H2,1-3H3,(H2,31,33)/b34-20-. The van der Waals surface area contributed by atoms with Crippen molar-refractivity contribution >= 4 is 78.9 Å². The third-order valence-electron chi connectivity index (χ3n) is 5.56. The predicted molar refractivity (Wildman–Crippen MR) is 143 cm³/mol. The minimum Gasteiger partial charge on any atom is -0.369 e. The van der Waals surface area contributed by atoms with Gasteiger partial charge in [-0.15, -0.1) is 16.4 Å². The molecule has 0 saturated carbocycles. The number of aromatic nitrogens is 3. The molecule has 10 radical (unpaired) electrons. The topological polar surface area (TPSA) is 89.4 Å². The molecular weight excluding hydrogens is 475 g/mol. The van der Waals surface area contributed by atoms with Gasteiger partial charge in [0.05, 0.1) is 17.7 Å². The zero-order chi connectivity index (χ0) is 27.8. The summed E-state index contributed by atoms with van der Waals surface area (Å²) in [6, 6.07) is 3.34. The number of carbonyl (C=O) groups excluding carboxylic acids is 1. The summed E-state index contributed by atoms with van der Waals surface area (Å²) in [5, 5.41) is 5.33. The monoisotopic (exact) mass is 494 g/mol. The van der Waals surface area contributed by atoms with Gasteiger partial charge in [-0.25, -0.2) is 9.55 Å². The van der Waals surface area contributed by atoms with Crippen LogP contribution >= 0.6 is 0 Å². The molecule has 0 spiro atoms.